The molecule has 3 N–H and O–H groups in total. The largest absolute Gasteiger partial charge is 0.396 e. The minimum absolute atomic E-state index is 0.0648. The normalized spacial score (nSPS) is 25.2. The Morgan fingerprint density at radius 3 is 2.69 bits per heavy atom. The van der Waals surface area contributed by atoms with Gasteiger partial charge in [0.05, 0.1) is 11.6 Å². The summed E-state index contributed by atoms with van der Waals surface area (Å²) in [5.74, 6) is 0.341. The molecule has 2 atom stereocenters. The maximum Gasteiger partial charge on any atom is 0.220 e. The zero-order valence-electron chi connectivity index (χ0n) is 16.9. The number of fused-ring (bicyclic) bond motifs is 2. The summed E-state index contributed by atoms with van der Waals surface area (Å²) in [5, 5.41) is 20.7. The van der Waals surface area contributed by atoms with Crippen LogP contribution in [0.25, 0.3) is 11.1 Å². The number of rotatable bonds is 5. The molecule has 0 amide bonds. The Morgan fingerprint density at radius 1 is 1.24 bits per heavy atom. The summed E-state index contributed by atoms with van der Waals surface area (Å²) >= 11 is 0. The summed E-state index contributed by atoms with van der Waals surface area (Å²) in [5.41, 5.74) is 9.60. The van der Waals surface area contributed by atoms with Crippen molar-refractivity contribution in [3.8, 4) is 17.2 Å². The Labute approximate surface area is 171 Å². The predicted octanol–water partition coefficient (Wildman–Crippen LogP) is 3.29. The summed E-state index contributed by atoms with van der Waals surface area (Å²) in [6.45, 7) is 2.20. The molecule has 0 bridgehead atoms. The van der Waals surface area contributed by atoms with Crippen LogP contribution in [0.2, 0.25) is 0 Å². The van der Waals surface area contributed by atoms with Crippen LogP contribution in [0.1, 0.15) is 42.9 Å². The maximum atomic E-state index is 9.88. The van der Waals surface area contributed by atoms with Gasteiger partial charge in [-0.25, -0.2) is 14.9 Å². The van der Waals surface area contributed by atoms with E-state index in [2.05, 4.69) is 31.2 Å². The molecular weight excluding hydrogens is 364 g/mol. The van der Waals surface area contributed by atoms with E-state index in [0.717, 1.165) is 36.0 Å². The number of hydrogen-bond donors (Lipinski definition) is 2. The highest BCUT2D eigenvalue weighted by atomic mass is 16.7. The van der Waals surface area contributed by atoms with Gasteiger partial charge in [-0.15, -0.1) is 0 Å². The van der Waals surface area contributed by atoms with Crippen LogP contribution in [0.5, 0.6) is 0 Å². The van der Waals surface area contributed by atoms with Gasteiger partial charge in [-0.2, -0.15) is 5.26 Å². The van der Waals surface area contributed by atoms with Gasteiger partial charge in [-0.05, 0) is 54.2 Å². The lowest BCUT2D eigenvalue weighted by Crippen LogP contribution is -2.44. The van der Waals surface area contributed by atoms with E-state index in [4.69, 9.17) is 15.6 Å². The van der Waals surface area contributed by atoms with Crippen LogP contribution in [0, 0.1) is 16.7 Å². The highest BCUT2D eigenvalue weighted by Crippen LogP contribution is 2.60. The van der Waals surface area contributed by atoms with E-state index in [0.29, 0.717) is 17.9 Å². The van der Waals surface area contributed by atoms with E-state index < -0.39 is 5.72 Å². The third kappa shape index (κ3) is 2.89. The molecule has 1 heterocycles. The molecule has 6 heteroatoms. The average molecular weight is 390 g/mol. The minimum Gasteiger partial charge on any atom is -0.396 e. The highest BCUT2D eigenvalue weighted by Gasteiger charge is 2.62. The van der Waals surface area contributed by atoms with Crippen molar-refractivity contribution in [1.29, 1.82) is 5.26 Å². The van der Waals surface area contributed by atoms with Crippen LogP contribution in [0.15, 0.2) is 47.5 Å². The van der Waals surface area contributed by atoms with Gasteiger partial charge in [0.25, 0.3) is 0 Å². The summed E-state index contributed by atoms with van der Waals surface area (Å²) in [7, 11) is 1.77. The Hall–Kier alpha value is -2.88. The van der Waals surface area contributed by atoms with Gasteiger partial charge in [0, 0.05) is 24.6 Å². The van der Waals surface area contributed by atoms with E-state index in [1.54, 1.807) is 13.1 Å². The Morgan fingerprint density at radius 2 is 2.03 bits per heavy atom. The Balaban J connectivity index is 1.89. The van der Waals surface area contributed by atoms with Gasteiger partial charge in [-0.1, -0.05) is 37.6 Å². The van der Waals surface area contributed by atoms with Gasteiger partial charge < -0.3 is 10.8 Å². The number of nitriles is 1. The first-order valence-corrected chi connectivity index (χ1v) is 10.0. The lowest BCUT2D eigenvalue weighted by atomic mass is 9.72. The lowest BCUT2D eigenvalue weighted by Gasteiger charge is -2.40. The molecule has 2 unspecified atom stereocenters. The van der Waals surface area contributed by atoms with Crippen molar-refractivity contribution in [2.45, 2.75) is 38.3 Å². The Bertz CT molecular complexity index is 1000. The van der Waals surface area contributed by atoms with Gasteiger partial charge in [0.2, 0.25) is 11.7 Å². The first-order valence-electron chi connectivity index (χ1n) is 10.0. The van der Waals surface area contributed by atoms with Gasteiger partial charge in [0.1, 0.15) is 0 Å². The van der Waals surface area contributed by atoms with Crippen LogP contribution < -0.4 is 5.73 Å². The van der Waals surface area contributed by atoms with Crippen molar-refractivity contribution < 1.29 is 9.94 Å². The molecule has 6 nitrogen and oxygen atoms in total. The molecule has 0 radical (unpaired) electrons. The van der Waals surface area contributed by atoms with Crippen molar-refractivity contribution in [1.82, 2.24) is 5.06 Å². The number of aliphatic imine (C=N–C) groups is 1. The molecule has 0 fully saturated rings. The van der Waals surface area contributed by atoms with E-state index in [1.165, 1.54) is 10.6 Å². The zero-order valence-corrected chi connectivity index (χ0v) is 16.9. The molecule has 0 saturated heterocycles. The fraction of sp³-hybridized carbons (Fsp3) is 0.391. The quantitative estimate of drug-likeness (QED) is 0.817. The van der Waals surface area contributed by atoms with Crippen LogP contribution in [-0.4, -0.2) is 29.8 Å². The first kappa shape index (κ1) is 19.4. The number of hydrogen-bond acceptors (Lipinski definition) is 6. The van der Waals surface area contributed by atoms with Crippen molar-refractivity contribution in [3.05, 3.63) is 59.2 Å². The Kier molecular flexibility index (Phi) is 4.81. The smallest absolute Gasteiger partial charge is 0.220 e. The molecule has 2 aliphatic rings. The van der Waals surface area contributed by atoms with E-state index in [1.807, 2.05) is 18.2 Å². The van der Waals surface area contributed by atoms with Crippen LogP contribution in [-0.2, 0) is 17.0 Å². The highest BCUT2D eigenvalue weighted by molar-refractivity contribution is 5.79. The number of nitrogens with zero attached hydrogens (tertiary/aromatic N) is 3. The first-order chi connectivity index (χ1) is 14.0. The average Bonchev–Trinajstić information content (AvgIpc) is 3.16. The zero-order chi connectivity index (χ0) is 20.6. The summed E-state index contributed by atoms with van der Waals surface area (Å²) in [6, 6.07) is 16.1. The summed E-state index contributed by atoms with van der Waals surface area (Å²) in [6.07, 6.45) is 3.18. The van der Waals surface area contributed by atoms with Gasteiger partial charge in [-0.3, -0.25) is 0 Å². The van der Waals surface area contributed by atoms with E-state index in [-0.39, 0.29) is 12.0 Å². The molecule has 4 rings (SSSR count). The maximum absolute atomic E-state index is 9.88. The van der Waals surface area contributed by atoms with E-state index >= 15 is 0 Å². The molecule has 2 aromatic carbocycles. The van der Waals surface area contributed by atoms with Crippen LogP contribution in [0.4, 0.5) is 0 Å². The molecule has 1 aliphatic heterocycles. The second-order valence-corrected chi connectivity index (χ2v) is 7.95. The molecule has 150 valence electrons. The number of benzene rings is 2. The van der Waals surface area contributed by atoms with Gasteiger partial charge in [0.15, 0.2) is 0 Å². The second kappa shape index (κ2) is 7.18. The number of nitrogens with two attached hydrogens (primary N) is 1. The van der Waals surface area contributed by atoms with Crippen molar-refractivity contribution in [3.63, 3.8) is 0 Å². The molecule has 0 aromatic heterocycles. The third-order valence-corrected chi connectivity index (χ3v) is 6.23. The predicted molar refractivity (Wildman–Crippen MR) is 111 cm³/mol. The molecule has 29 heavy (non-hydrogen) atoms. The fourth-order valence-corrected chi connectivity index (χ4v) is 4.92. The summed E-state index contributed by atoms with van der Waals surface area (Å²) in [4.78, 5) is 11.2. The van der Waals surface area contributed by atoms with Crippen molar-refractivity contribution in [2.75, 3.05) is 13.7 Å². The van der Waals surface area contributed by atoms with E-state index in [9.17, 15) is 10.4 Å². The van der Waals surface area contributed by atoms with Crippen molar-refractivity contribution in [2.24, 2.45) is 16.1 Å². The topological polar surface area (TPSA) is 94.9 Å². The molecular formula is C23H26N4O2. The van der Waals surface area contributed by atoms with Crippen molar-refractivity contribution >= 4 is 5.96 Å². The standard InChI is InChI=1S/C23H26N4O2/c1-3-9-22(10-11-28)14-19-8-7-18(17-6-4-5-16(12-17)15-24)13-20(19)23(22)26-21(25)27(2)29-23/h4-8,12-13,28H,3,9-11,14H2,1-2H3,(H2,25,26). The molecule has 2 aromatic rings. The third-order valence-electron chi connectivity index (χ3n) is 6.23. The second-order valence-electron chi connectivity index (χ2n) is 7.95. The van der Waals surface area contributed by atoms with Crippen LogP contribution in [0.3, 0.4) is 0 Å². The summed E-state index contributed by atoms with van der Waals surface area (Å²) < 4.78 is 0. The van der Waals surface area contributed by atoms with Crippen LogP contribution >= 0.6 is 0 Å². The minimum atomic E-state index is -0.942. The number of hydroxylamine groups is 2. The molecule has 1 aliphatic carbocycles. The number of guanidine groups is 1. The molecule has 1 spiro atoms. The monoisotopic (exact) mass is 390 g/mol. The lowest BCUT2D eigenvalue weighted by molar-refractivity contribution is -0.226. The fourth-order valence-electron chi connectivity index (χ4n) is 4.92. The number of aliphatic hydroxyl groups excluding tert-OH is 1. The van der Waals surface area contributed by atoms with Gasteiger partial charge >= 0.3 is 0 Å². The molecule has 0 saturated carbocycles. The SMILES string of the molecule is CCCC1(CCO)Cc2ccc(-c3cccc(C#N)c3)cc2C12N=C(N)N(C)O2. The number of aliphatic hydroxyl groups is 1.